The third-order valence-corrected chi connectivity index (χ3v) is 2.78. The van der Waals surface area contributed by atoms with E-state index in [9.17, 15) is 4.79 Å². The Balaban J connectivity index is 0.00000264. The van der Waals surface area contributed by atoms with E-state index in [0.29, 0.717) is 22.5 Å². The zero-order valence-corrected chi connectivity index (χ0v) is 14.2. The second-order valence-electron chi connectivity index (χ2n) is 4.50. The van der Waals surface area contributed by atoms with Crippen molar-refractivity contribution in [1.82, 2.24) is 0 Å². The summed E-state index contributed by atoms with van der Waals surface area (Å²) in [6.45, 7) is 0. The Labute approximate surface area is 151 Å². The molecule has 7 nitrogen and oxygen atoms in total. The topological polar surface area (TPSA) is 146 Å². The van der Waals surface area contributed by atoms with E-state index in [-0.39, 0.29) is 42.5 Å². The van der Waals surface area contributed by atoms with Gasteiger partial charge >= 0.3 is 0 Å². The number of guanidine groups is 2. The van der Waals surface area contributed by atoms with Gasteiger partial charge in [0.05, 0.1) is 11.4 Å². The summed E-state index contributed by atoms with van der Waals surface area (Å²) in [7, 11) is 0. The largest absolute Gasteiger partial charge is 0.370 e. The molecule has 0 aliphatic heterocycles. The van der Waals surface area contributed by atoms with E-state index >= 15 is 0 Å². The van der Waals surface area contributed by atoms with Crippen LogP contribution in [0.15, 0.2) is 58.5 Å². The summed E-state index contributed by atoms with van der Waals surface area (Å²) in [5.74, 6) is -0.184. The first-order valence-corrected chi connectivity index (χ1v) is 6.40. The van der Waals surface area contributed by atoms with E-state index < -0.39 is 0 Å². The molecule has 0 radical (unpaired) electrons. The van der Waals surface area contributed by atoms with Crippen LogP contribution in [0.1, 0.15) is 15.9 Å². The lowest BCUT2D eigenvalue weighted by atomic mass is 10.0. The van der Waals surface area contributed by atoms with Crippen molar-refractivity contribution in [3.05, 3.63) is 59.7 Å². The molecule has 0 saturated carbocycles. The highest BCUT2D eigenvalue weighted by molar-refractivity contribution is 6.09. The Morgan fingerprint density at radius 2 is 0.917 bits per heavy atom. The van der Waals surface area contributed by atoms with Gasteiger partial charge in [-0.05, 0) is 48.5 Å². The van der Waals surface area contributed by atoms with Crippen LogP contribution in [-0.2, 0) is 0 Å². The molecule has 0 fully saturated rings. The third-order valence-electron chi connectivity index (χ3n) is 2.78. The molecule has 0 amide bonds. The van der Waals surface area contributed by atoms with Crippen molar-refractivity contribution >= 4 is 53.9 Å². The maximum absolute atomic E-state index is 12.3. The van der Waals surface area contributed by atoms with Gasteiger partial charge in [-0.25, -0.2) is 9.98 Å². The average molecular weight is 369 g/mol. The van der Waals surface area contributed by atoms with Gasteiger partial charge < -0.3 is 22.9 Å². The Bertz CT molecular complexity index is 670. The lowest BCUT2D eigenvalue weighted by Crippen LogP contribution is -2.21. The van der Waals surface area contributed by atoms with E-state index in [1.54, 1.807) is 48.5 Å². The Morgan fingerprint density at radius 3 is 1.17 bits per heavy atom. The zero-order chi connectivity index (χ0) is 16.1. The van der Waals surface area contributed by atoms with Crippen molar-refractivity contribution in [2.45, 2.75) is 0 Å². The first kappa shape index (κ1) is 21.2. The summed E-state index contributed by atoms with van der Waals surface area (Å²) >= 11 is 0. The highest BCUT2D eigenvalue weighted by atomic mass is 35.5. The van der Waals surface area contributed by atoms with Crippen molar-refractivity contribution in [2.24, 2.45) is 32.9 Å². The average Bonchev–Trinajstić information content (AvgIpc) is 2.47. The van der Waals surface area contributed by atoms with Gasteiger partial charge in [-0.15, -0.1) is 24.8 Å². The first-order chi connectivity index (χ1) is 10.5. The molecule has 9 heteroatoms. The summed E-state index contributed by atoms with van der Waals surface area (Å²) in [6, 6.07) is 13.3. The summed E-state index contributed by atoms with van der Waals surface area (Å²) in [5, 5.41) is 0. The van der Waals surface area contributed by atoms with Crippen molar-refractivity contribution in [3.8, 4) is 0 Å². The Hall–Kier alpha value is -2.77. The lowest BCUT2D eigenvalue weighted by Gasteiger charge is -2.03. The van der Waals surface area contributed by atoms with E-state index in [1.165, 1.54) is 0 Å². The predicted molar refractivity (Wildman–Crippen MR) is 102 cm³/mol. The van der Waals surface area contributed by atoms with Crippen LogP contribution in [0.3, 0.4) is 0 Å². The predicted octanol–water partition coefficient (Wildman–Crippen LogP) is 1.57. The van der Waals surface area contributed by atoms with Crippen LogP contribution in [0.2, 0.25) is 0 Å². The van der Waals surface area contributed by atoms with Crippen LogP contribution < -0.4 is 22.9 Å². The maximum Gasteiger partial charge on any atom is 0.193 e. The molecule has 128 valence electrons. The maximum atomic E-state index is 12.3. The number of hydrogen-bond donors (Lipinski definition) is 4. The number of rotatable bonds is 4. The highest BCUT2D eigenvalue weighted by Crippen LogP contribution is 2.18. The number of hydrogen-bond acceptors (Lipinski definition) is 3. The highest BCUT2D eigenvalue weighted by Gasteiger charge is 2.08. The molecule has 0 aliphatic carbocycles. The van der Waals surface area contributed by atoms with Crippen LogP contribution in [0.4, 0.5) is 11.4 Å². The Morgan fingerprint density at radius 1 is 0.625 bits per heavy atom. The number of benzene rings is 2. The van der Waals surface area contributed by atoms with Crippen LogP contribution >= 0.6 is 24.8 Å². The van der Waals surface area contributed by atoms with Gasteiger partial charge in [-0.3, -0.25) is 4.79 Å². The number of halogens is 2. The summed E-state index contributed by atoms with van der Waals surface area (Å²) in [6.07, 6.45) is 0. The molecule has 0 spiro atoms. The van der Waals surface area contributed by atoms with Crippen LogP contribution in [0.5, 0.6) is 0 Å². The summed E-state index contributed by atoms with van der Waals surface area (Å²) < 4.78 is 0. The number of aliphatic imine (C=N–C) groups is 2. The molecular weight excluding hydrogens is 351 g/mol. The molecule has 2 aromatic rings. The molecule has 2 rings (SSSR count). The summed E-state index contributed by atoms with van der Waals surface area (Å²) in [5.41, 5.74) is 23.4. The number of nitrogens with two attached hydrogens (primary N) is 4. The lowest BCUT2D eigenvalue weighted by molar-refractivity contribution is 0.103. The fourth-order valence-corrected chi connectivity index (χ4v) is 1.84. The molecule has 0 aliphatic rings. The molecule has 0 aromatic heterocycles. The van der Waals surface area contributed by atoms with Gasteiger partial charge in [0.25, 0.3) is 0 Å². The van der Waals surface area contributed by atoms with Crippen molar-refractivity contribution < 1.29 is 4.79 Å². The van der Waals surface area contributed by atoms with E-state index in [0.717, 1.165) is 0 Å². The number of nitrogens with zero attached hydrogens (tertiary/aromatic N) is 2. The van der Waals surface area contributed by atoms with Gasteiger partial charge in [0, 0.05) is 11.1 Å². The number of ketones is 1. The molecule has 24 heavy (non-hydrogen) atoms. The smallest absolute Gasteiger partial charge is 0.193 e. The molecule has 0 atom stereocenters. The molecule has 0 unspecified atom stereocenters. The SMILES string of the molecule is Cl.Cl.NC(N)=Nc1ccc(C(=O)c2ccc(N=C(N)N)cc2)cc1. The van der Waals surface area contributed by atoms with E-state index in [4.69, 9.17) is 22.9 Å². The van der Waals surface area contributed by atoms with Gasteiger partial charge in [0.1, 0.15) is 0 Å². The van der Waals surface area contributed by atoms with E-state index in [2.05, 4.69) is 9.98 Å². The van der Waals surface area contributed by atoms with Gasteiger partial charge in [0.15, 0.2) is 17.7 Å². The first-order valence-electron chi connectivity index (χ1n) is 6.40. The normalized spacial score (nSPS) is 9.00. The second kappa shape index (κ2) is 9.39. The van der Waals surface area contributed by atoms with Gasteiger partial charge in [-0.2, -0.15) is 0 Å². The zero-order valence-electron chi connectivity index (χ0n) is 12.5. The Kier molecular flexibility index (Phi) is 8.30. The molecular formula is C15H18Cl2N6O. The quantitative estimate of drug-likeness (QED) is 0.367. The minimum Gasteiger partial charge on any atom is -0.370 e. The fraction of sp³-hybridized carbons (Fsp3) is 0. The molecule has 8 N–H and O–H groups in total. The van der Waals surface area contributed by atoms with Crippen molar-refractivity contribution in [3.63, 3.8) is 0 Å². The standard InChI is InChI=1S/C15H16N6O.2ClH/c16-14(17)20-11-5-1-9(2-6-11)13(22)10-3-7-12(8-4-10)21-15(18)19;;/h1-8H,(H4,16,17,20)(H4,18,19,21);2*1H. The van der Waals surface area contributed by atoms with Crippen LogP contribution in [0.25, 0.3) is 0 Å². The number of carbonyl (C=O) groups excluding carboxylic acids is 1. The third kappa shape index (κ3) is 5.79. The molecule has 0 saturated heterocycles. The fourth-order valence-electron chi connectivity index (χ4n) is 1.84. The van der Waals surface area contributed by atoms with Crippen LogP contribution in [-0.4, -0.2) is 17.7 Å². The van der Waals surface area contributed by atoms with Gasteiger partial charge in [0.2, 0.25) is 0 Å². The minimum atomic E-state index is -0.118. The van der Waals surface area contributed by atoms with Crippen LogP contribution in [0, 0.1) is 0 Å². The monoisotopic (exact) mass is 368 g/mol. The minimum absolute atomic E-state index is 0. The second-order valence-corrected chi connectivity index (χ2v) is 4.50. The molecule has 2 aromatic carbocycles. The van der Waals surface area contributed by atoms with E-state index in [1.807, 2.05) is 0 Å². The molecule has 0 heterocycles. The van der Waals surface area contributed by atoms with Crippen molar-refractivity contribution in [2.75, 3.05) is 0 Å². The van der Waals surface area contributed by atoms with Crippen molar-refractivity contribution in [1.29, 1.82) is 0 Å². The summed E-state index contributed by atoms with van der Waals surface area (Å²) in [4.78, 5) is 20.1. The number of carbonyl (C=O) groups is 1. The van der Waals surface area contributed by atoms with Gasteiger partial charge in [-0.1, -0.05) is 0 Å². The molecule has 0 bridgehead atoms.